The second-order valence-electron chi connectivity index (χ2n) is 7.35. The van der Waals surface area contributed by atoms with Gasteiger partial charge in [0.2, 0.25) is 0 Å². The van der Waals surface area contributed by atoms with E-state index >= 15 is 0 Å². The van der Waals surface area contributed by atoms with Gasteiger partial charge in [-0.05, 0) is 49.2 Å². The molecule has 5 nitrogen and oxygen atoms in total. The summed E-state index contributed by atoms with van der Waals surface area (Å²) in [6.07, 6.45) is -2.92. The Bertz CT molecular complexity index is 690. The quantitative estimate of drug-likeness (QED) is 0.685. The van der Waals surface area contributed by atoms with Crippen LogP contribution in [0.1, 0.15) is 32.8 Å². The van der Waals surface area contributed by atoms with E-state index in [1.165, 1.54) is 6.20 Å². The Kier molecular flexibility index (Phi) is 4.41. The van der Waals surface area contributed by atoms with Gasteiger partial charge in [-0.2, -0.15) is 13.2 Å². The van der Waals surface area contributed by atoms with Crippen LogP contribution < -0.4 is 4.90 Å². The zero-order valence-corrected chi connectivity index (χ0v) is 15.7. The highest BCUT2D eigenvalue weighted by Crippen LogP contribution is 2.41. The minimum atomic E-state index is -4.49. The summed E-state index contributed by atoms with van der Waals surface area (Å²) in [6.45, 7) is 6.02. The summed E-state index contributed by atoms with van der Waals surface area (Å²) in [6, 6.07) is 0.693. The van der Waals surface area contributed by atoms with Crippen LogP contribution in [-0.4, -0.2) is 46.8 Å². The molecule has 2 bridgehead atoms. The van der Waals surface area contributed by atoms with Crippen molar-refractivity contribution in [1.29, 1.82) is 0 Å². The van der Waals surface area contributed by atoms with Crippen molar-refractivity contribution in [3.05, 3.63) is 22.3 Å². The molecule has 0 aromatic carbocycles. The summed E-state index contributed by atoms with van der Waals surface area (Å²) in [7, 11) is 0. The van der Waals surface area contributed by atoms with Gasteiger partial charge in [-0.15, -0.1) is 0 Å². The highest BCUT2D eigenvalue weighted by molar-refractivity contribution is 9.10. The third-order valence-corrected chi connectivity index (χ3v) is 4.71. The number of fused-ring (bicyclic) bond motifs is 2. The number of nitrogens with zero attached hydrogens (tertiary/aromatic N) is 3. The molecule has 0 radical (unpaired) electrons. The van der Waals surface area contributed by atoms with Gasteiger partial charge < -0.3 is 14.5 Å². The lowest BCUT2D eigenvalue weighted by atomic mass is 10.2. The van der Waals surface area contributed by atoms with Crippen LogP contribution in [0, 0.1) is 0 Å². The molecule has 2 aliphatic rings. The summed E-state index contributed by atoms with van der Waals surface area (Å²) in [5, 5.41) is 0. The Balaban J connectivity index is 1.79. The van der Waals surface area contributed by atoms with E-state index in [-0.39, 0.29) is 22.4 Å². The highest BCUT2D eigenvalue weighted by Gasteiger charge is 2.49. The molecule has 2 fully saturated rings. The molecule has 1 amide bonds. The number of anilines is 1. The first-order valence-corrected chi connectivity index (χ1v) is 8.74. The lowest BCUT2D eigenvalue weighted by Gasteiger charge is -2.36. The van der Waals surface area contributed by atoms with Gasteiger partial charge in [0, 0.05) is 23.8 Å². The monoisotopic (exact) mass is 421 g/mol. The first-order chi connectivity index (χ1) is 11.5. The molecular weight excluding hydrogens is 403 g/mol. The van der Waals surface area contributed by atoms with Crippen molar-refractivity contribution in [3.63, 3.8) is 0 Å². The number of carbonyl (C=O) groups excluding carboxylic acids is 1. The van der Waals surface area contributed by atoms with Crippen molar-refractivity contribution < 1.29 is 22.7 Å². The Hall–Kier alpha value is -1.51. The average molecular weight is 422 g/mol. The molecule has 0 unspecified atom stereocenters. The van der Waals surface area contributed by atoms with Crippen molar-refractivity contribution in [1.82, 2.24) is 9.88 Å². The zero-order chi connectivity index (χ0) is 18.6. The number of rotatable bonds is 1. The standard InChI is InChI=1S/C16H19BrF3N3O2/c1-15(2,3)25-14(24)23-8-10-5-11(23)7-22(10)13-12(16(18,19)20)4-9(17)6-21-13/h4,6,10-11H,5,7-8H2,1-3H3/t10-,11-/m0/s1. The number of alkyl halides is 3. The van der Waals surface area contributed by atoms with Gasteiger partial charge in [-0.3, -0.25) is 0 Å². The number of hydrogen-bond donors (Lipinski definition) is 0. The minimum Gasteiger partial charge on any atom is -0.444 e. The molecule has 9 heteroatoms. The van der Waals surface area contributed by atoms with E-state index in [1.54, 1.807) is 30.6 Å². The fraction of sp³-hybridized carbons (Fsp3) is 0.625. The lowest BCUT2D eigenvalue weighted by Crippen LogP contribution is -2.50. The second kappa shape index (κ2) is 6.03. The van der Waals surface area contributed by atoms with Crippen molar-refractivity contribution >= 4 is 27.8 Å². The fourth-order valence-electron chi connectivity index (χ4n) is 3.34. The number of likely N-dealkylation sites (tertiary alicyclic amines) is 1. The van der Waals surface area contributed by atoms with Gasteiger partial charge in [0.25, 0.3) is 0 Å². The number of pyridine rings is 1. The molecule has 0 N–H and O–H groups in total. The maximum Gasteiger partial charge on any atom is 0.419 e. The van der Waals surface area contributed by atoms with E-state index in [0.717, 1.165) is 6.07 Å². The van der Waals surface area contributed by atoms with E-state index in [4.69, 9.17) is 4.74 Å². The molecule has 2 saturated heterocycles. The normalized spacial score (nSPS) is 23.3. The van der Waals surface area contributed by atoms with Crippen LogP contribution >= 0.6 is 15.9 Å². The largest absolute Gasteiger partial charge is 0.444 e. The molecule has 0 aliphatic carbocycles. The predicted molar refractivity (Wildman–Crippen MR) is 89.4 cm³/mol. The molecular formula is C16H19BrF3N3O2. The number of piperazine rings is 1. The molecule has 0 spiro atoms. The second-order valence-corrected chi connectivity index (χ2v) is 8.27. The lowest BCUT2D eigenvalue weighted by molar-refractivity contribution is -0.137. The van der Waals surface area contributed by atoms with Gasteiger partial charge in [-0.1, -0.05) is 0 Å². The Labute approximate surface area is 152 Å². The number of ether oxygens (including phenoxy) is 1. The summed E-state index contributed by atoms with van der Waals surface area (Å²) < 4.78 is 45.7. The van der Waals surface area contributed by atoms with Gasteiger partial charge in [0.1, 0.15) is 11.4 Å². The molecule has 0 saturated carbocycles. The van der Waals surface area contributed by atoms with E-state index in [0.29, 0.717) is 19.5 Å². The summed E-state index contributed by atoms with van der Waals surface area (Å²) >= 11 is 3.04. The smallest absolute Gasteiger partial charge is 0.419 e. The highest BCUT2D eigenvalue weighted by atomic mass is 79.9. The van der Waals surface area contributed by atoms with Crippen LogP contribution in [0.5, 0.6) is 0 Å². The van der Waals surface area contributed by atoms with E-state index in [9.17, 15) is 18.0 Å². The molecule has 2 aliphatic heterocycles. The number of hydrogen-bond acceptors (Lipinski definition) is 4. The van der Waals surface area contributed by atoms with Crippen LogP contribution in [0.3, 0.4) is 0 Å². The summed E-state index contributed by atoms with van der Waals surface area (Å²) in [5.74, 6) is -0.0768. The molecule has 25 heavy (non-hydrogen) atoms. The predicted octanol–water partition coefficient (Wildman–Crippen LogP) is 4.06. The van der Waals surface area contributed by atoms with Gasteiger partial charge in [0.05, 0.1) is 17.6 Å². The van der Waals surface area contributed by atoms with Crippen LogP contribution in [0.25, 0.3) is 0 Å². The third-order valence-electron chi connectivity index (χ3n) is 4.28. The fourth-order valence-corrected chi connectivity index (χ4v) is 3.67. The first-order valence-electron chi connectivity index (χ1n) is 7.95. The van der Waals surface area contributed by atoms with Crippen molar-refractivity contribution in [3.8, 4) is 0 Å². The molecule has 1 aromatic rings. The molecule has 3 heterocycles. The van der Waals surface area contributed by atoms with Crippen molar-refractivity contribution in [2.45, 2.75) is 51.1 Å². The van der Waals surface area contributed by atoms with Crippen LogP contribution in [0.4, 0.5) is 23.8 Å². The molecule has 138 valence electrons. The Morgan fingerprint density at radius 2 is 1.96 bits per heavy atom. The number of halogens is 4. The van der Waals surface area contributed by atoms with Crippen LogP contribution in [0.2, 0.25) is 0 Å². The maximum absolute atomic E-state index is 13.3. The van der Waals surface area contributed by atoms with E-state index < -0.39 is 23.4 Å². The summed E-state index contributed by atoms with van der Waals surface area (Å²) in [5.41, 5.74) is -1.37. The molecule has 2 atom stereocenters. The van der Waals surface area contributed by atoms with E-state index in [1.807, 2.05) is 0 Å². The van der Waals surface area contributed by atoms with Crippen molar-refractivity contribution in [2.24, 2.45) is 0 Å². The molecule has 3 rings (SSSR count). The average Bonchev–Trinajstić information content (AvgIpc) is 3.04. The Morgan fingerprint density at radius 1 is 1.28 bits per heavy atom. The minimum absolute atomic E-state index is 0.0768. The molecule has 1 aromatic heterocycles. The number of amides is 1. The van der Waals surface area contributed by atoms with E-state index in [2.05, 4.69) is 20.9 Å². The topological polar surface area (TPSA) is 45.7 Å². The third kappa shape index (κ3) is 3.70. The number of aromatic nitrogens is 1. The van der Waals surface area contributed by atoms with Gasteiger partial charge >= 0.3 is 12.3 Å². The zero-order valence-electron chi connectivity index (χ0n) is 14.1. The summed E-state index contributed by atoms with van der Waals surface area (Å²) in [4.78, 5) is 19.5. The SMILES string of the molecule is CC(C)(C)OC(=O)N1C[C@@H]2C[C@H]1CN2c1ncc(Br)cc1C(F)(F)F. The van der Waals surface area contributed by atoms with Crippen LogP contribution in [-0.2, 0) is 10.9 Å². The van der Waals surface area contributed by atoms with Gasteiger partial charge in [-0.25, -0.2) is 9.78 Å². The Morgan fingerprint density at radius 3 is 2.48 bits per heavy atom. The van der Waals surface area contributed by atoms with Crippen LogP contribution in [0.15, 0.2) is 16.7 Å². The van der Waals surface area contributed by atoms with Crippen molar-refractivity contribution in [2.75, 3.05) is 18.0 Å². The first kappa shape index (κ1) is 18.3. The van der Waals surface area contributed by atoms with Gasteiger partial charge in [0.15, 0.2) is 0 Å². The maximum atomic E-state index is 13.3. The number of carbonyl (C=O) groups is 1.